The maximum atomic E-state index is 11.9. The van der Waals surface area contributed by atoms with Crippen LogP contribution in [0.25, 0.3) is 0 Å². The molecule has 3 amide bonds. The van der Waals surface area contributed by atoms with Crippen LogP contribution in [0.2, 0.25) is 0 Å². The molecule has 1 saturated heterocycles. The highest BCUT2D eigenvalue weighted by Gasteiger charge is 2.29. The van der Waals surface area contributed by atoms with Crippen LogP contribution in [0.15, 0.2) is 24.3 Å². The van der Waals surface area contributed by atoms with Crippen LogP contribution < -0.4 is 11.3 Å². The van der Waals surface area contributed by atoms with Gasteiger partial charge in [-0.15, -0.1) is 0 Å². The Bertz CT molecular complexity index is 556. The Morgan fingerprint density at radius 3 is 2.38 bits per heavy atom. The Balaban J connectivity index is 1.99. The number of carbonyl (C=O) groups excluding carboxylic acids is 3. The molecule has 0 saturated carbocycles. The van der Waals surface area contributed by atoms with E-state index < -0.39 is 11.8 Å². The molecular weight excluding hydrogens is 272 g/mol. The lowest BCUT2D eigenvalue weighted by molar-refractivity contribution is -0.155. The van der Waals surface area contributed by atoms with Crippen molar-refractivity contribution in [1.82, 2.24) is 15.2 Å². The molecule has 1 heterocycles. The van der Waals surface area contributed by atoms with E-state index in [-0.39, 0.29) is 12.3 Å². The lowest BCUT2D eigenvalue weighted by Gasteiger charge is -2.31. The van der Waals surface area contributed by atoms with Gasteiger partial charge in [0, 0.05) is 26.7 Å². The van der Waals surface area contributed by atoms with Crippen LogP contribution in [0.3, 0.4) is 0 Å². The smallest absolute Gasteiger partial charge is 0.312 e. The van der Waals surface area contributed by atoms with Crippen LogP contribution in [0.5, 0.6) is 0 Å². The normalized spacial score (nSPS) is 15.3. The fourth-order valence-electron chi connectivity index (χ4n) is 2.14. The minimum atomic E-state index is -0.477. The standard InChI is InChI=1S/C14H18N4O3/c1-17-6-7-18(14(21)13(17)20)9-11-4-2-10(3-5-11)8-12(19)16-15/h2-5H,6-9,15H2,1H3,(H,16,19). The van der Waals surface area contributed by atoms with Crippen LogP contribution in [0.1, 0.15) is 11.1 Å². The van der Waals surface area contributed by atoms with Gasteiger partial charge < -0.3 is 9.80 Å². The molecule has 0 aromatic heterocycles. The first-order valence-electron chi connectivity index (χ1n) is 6.63. The lowest BCUT2D eigenvalue weighted by Crippen LogP contribution is -2.52. The zero-order valence-electron chi connectivity index (χ0n) is 11.8. The molecule has 1 fully saturated rings. The molecule has 0 spiro atoms. The molecule has 0 atom stereocenters. The minimum absolute atomic E-state index is 0.211. The summed E-state index contributed by atoms with van der Waals surface area (Å²) in [6.07, 6.45) is 0.211. The predicted molar refractivity (Wildman–Crippen MR) is 75.5 cm³/mol. The quantitative estimate of drug-likeness (QED) is 0.322. The lowest BCUT2D eigenvalue weighted by atomic mass is 10.1. The topological polar surface area (TPSA) is 95.7 Å². The molecule has 0 aliphatic carbocycles. The van der Waals surface area contributed by atoms with Gasteiger partial charge in [0.25, 0.3) is 0 Å². The van der Waals surface area contributed by atoms with Crippen molar-refractivity contribution in [2.24, 2.45) is 5.84 Å². The van der Waals surface area contributed by atoms with E-state index in [2.05, 4.69) is 5.43 Å². The molecule has 7 heteroatoms. The summed E-state index contributed by atoms with van der Waals surface area (Å²) in [6.45, 7) is 1.46. The van der Waals surface area contributed by atoms with Crippen LogP contribution >= 0.6 is 0 Å². The number of benzene rings is 1. The average Bonchev–Trinajstić information content (AvgIpc) is 2.49. The first-order chi connectivity index (χ1) is 10.0. The zero-order valence-corrected chi connectivity index (χ0v) is 11.8. The van der Waals surface area contributed by atoms with Crippen LogP contribution in [-0.2, 0) is 27.3 Å². The van der Waals surface area contributed by atoms with Gasteiger partial charge in [-0.05, 0) is 11.1 Å². The van der Waals surface area contributed by atoms with E-state index in [1.807, 2.05) is 24.3 Å². The molecule has 1 aliphatic heterocycles. The third kappa shape index (κ3) is 3.57. The third-order valence-electron chi connectivity index (χ3n) is 3.44. The van der Waals surface area contributed by atoms with E-state index in [0.717, 1.165) is 11.1 Å². The van der Waals surface area contributed by atoms with Crippen molar-refractivity contribution in [2.75, 3.05) is 20.1 Å². The molecule has 2 rings (SSSR count). The fourth-order valence-corrected chi connectivity index (χ4v) is 2.14. The summed E-state index contributed by atoms with van der Waals surface area (Å²) in [5.41, 5.74) is 3.82. The van der Waals surface area contributed by atoms with E-state index in [9.17, 15) is 14.4 Å². The molecule has 0 bridgehead atoms. The van der Waals surface area contributed by atoms with Gasteiger partial charge in [-0.1, -0.05) is 24.3 Å². The maximum absolute atomic E-state index is 11.9. The molecule has 21 heavy (non-hydrogen) atoms. The van der Waals surface area contributed by atoms with E-state index >= 15 is 0 Å². The average molecular weight is 290 g/mol. The van der Waals surface area contributed by atoms with Gasteiger partial charge in [-0.3, -0.25) is 19.8 Å². The minimum Gasteiger partial charge on any atom is -0.336 e. The summed E-state index contributed by atoms with van der Waals surface area (Å²) in [5, 5.41) is 0. The first-order valence-corrected chi connectivity index (χ1v) is 6.63. The van der Waals surface area contributed by atoms with Crippen molar-refractivity contribution >= 4 is 17.7 Å². The number of hydrazine groups is 1. The Morgan fingerprint density at radius 2 is 1.76 bits per heavy atom. The zero-order chi connectivity index (χ0) is 15.4. The largest absolute Gasteiger partial charge is 0.336 e. The van der Waals surface area contributed by atoms with E-state index in [0.29, 0.717) is 19.6 Å². The number of nitrogens with two attached hydrogens (primary N) is 1. The first kappa shape index (κ1) is 15.0. The van der Waals surface area contributed by atoms with Gasteiger partial charge >= 0.3 is 11.8 Å². The number of carbonyl (C=O) groups is 3. The fraction of sp³-hybridized carbons (Fsp3) is 0.357. The Labute approximate surface area is 122 Å². The third-order valence-corrected chi connectivity index (χ3v) is 3.44. The molecule has 1 aromatic carbocycles. The molecule has 0 unspecified atom stereocenters. The van der Waals surface area contributed by atoms with Gasteiger partial charge in [0.2, 0.25) is 5.91 Å². The monoisotopic (exact) mass is 290 g/mol. The van der Waals surface area contributed by atoms with Crippen molar-refractivity contribution in [3.05, 3.63) is 35.4 Å². The van der Waals surface area contributed by atoms with Crippen molar-refractivity contribution in [3.63, 3.8) is 0 Å². The highest BCUT2D eigenvalue weighted by molar-refractivity contribution is 6.35. The number of rotatable bonds is 4. The van der Waals surface area contributed by atoms with Gasteiger partial charge in [-0.25, -0.2) is 5.84 Å². The molecule has 112 valence electrons. The van der Waals surface area contributed by atoms with Gasteiger partial charge in [0.05, 0.1) is 6.42 Å². The second kappa shape index (κ2) is 6.36. The SMILES string of the molecule is CN1CCN(Cc2ccc(CC(=O)NN)cc2)C(=O)C1=O. The van der Waals surface area contributed by atoms with E-state index in [1.54, 1.807) is 7.05 Å². The van der Waals surface area contributed by atoms with Crippen LogP contribution in [0.4, 0.5) is 0 Å². The summed E-state index contributed by atoms with van der Waals surface area (Å²) in [7, 11) is 1.62. The van der Waals surface area contributed by atoms with Crippen molar-refractivity contribution in [1.29, 1.82) is 0 Å². The molecule has 1 aliphatic rings. The van der Waals surface area contributed by atoms with Crippen molar-refractivity contribution in [2.45, 2.75) is 13.0 Å². The summed E-state index contributed by atoms with van der Waals surface area (Å²) >= 11 is 0. The van der Waals surface area contributed by atoms with Gasteiger partial charge in [0.15, 0.2) is 0 Å². The van der Waals surface area contributed by atoms with E-state index in [4.69, 9.17) is 5.84 Å². The molecule has 1 aromatic rings. The highest BCUT2D eigenvalue weighted by atomic mass is 16.2. The van der Waals surface area contributed by atoms with Gasteiger partial charge in [-0.2, -0.15) is 0 Å². The summed E-state index contributed by atoms with van der Waals surface area (Å²) in [6, 6.07) is 7.31. The van der Waals surface area contributed by atoms with Crippen molar-refractivity contribution < 1.29 is 14.4 Å². The number of hydrogen-bond acceptors (Lipinski definition) is 4. The predicted octanol–water partition coefficient (Wildman–Crippen LogP) is -0.980. The summed E-state index contributed by atoms with van der Waals surface area (Å²) in [4.78, 5) is 37.6. The molecule has 3 N–H and O–H groups in total. The summed E-state index contributed by atoms with van der Waals surface area (Å²) in [5.74, 6) is 3.82. The molecular formula is C14H18N4O3. The summed E-state index contributed by atoms with van der Waals surface area (Å²) < 4.78 is 0. The second-order valence-electron chi connectivity index (χ2n) is 5.01. The number of piperazine rings is 1. The molecule has 0 radical (unpaired) electrons. The number of likely N-dealkylation sites (N-methyl/N-ethyl adjacent to an activating group) is 1. The Kier molecular flexibility index (Phi) is 4.54. The Morgan fingerprint density at radius 1 is 1.14 bits per heavy atom. The number of amides is 3. The van der Waals surface area contributed by atoms with Gasteiger partial charge in [0.1, 0.15) is 0 Å². The van der Waals surface area contributed by atoms with Crippen molar-refractivity contribution in [3.8, 4) is 0 Å². The number of nitrogens with zero attached hydrogens (tertiary/aromatic N) is 2. The van der Waals surface area contributed by atoms with Crippen LogP contribution in [-0.4, -0.2) is 47.7 Å². The molecule has 7 nitrogen and oxygen atoms in total. The van der Waals surface area contributed by atoms with Crippen LogP contribution in [0, 0.1) is 0 Å². The van der Waals surface area contributed by atoms with E-state index in [1.165, 1.54) is 9.80 Å². The number of hydrogen-bond donors (Lipinski definition) is 2. The highest BCUT2D eigenvalue weighted by Crippen LogP contribution is 2.11. The maximum Gasteiger partial charge on any atom is 0.312 e. The second-order valence-corrected chi connectivity index (χ2v) is 5.01. The number of nitrogens with one attached hydrogen (secondary N) is 1. The Hall–Kier alpha value is -2.41.